The van der Waals surface area contributed by atoms with Crippen LogP contribution >= 0.6 is 0 Å². The van der Waals surface area contributed by atoms with Crippen LogP contribution in [0.15, 0.2) is 54.6 Å². The first-order valence-electron chi connectivity index (χ1n) is 10.8. The Hall–Kier alpha value is -2.93. The van der Waals surface area contributed by atoms with Crippen molar-refractivity contribution in [1.82, 2.24) is 5.32 Å². The van der Waals surface area contributed by atoms with E-state index in [1.807, 2.05) is 42.5 Å². The second kappa shape index (κ2) is 12.2. The molecule has 3 atom stereocenters. The van der Waals surface area contributed by atoms with Crippen molar-refractivity contribution in [3.63, 3.8) is 0 Å². The number of carbonyl (C=O) groups excluding carboxylic acids is 2. The molecule has 32 heavy (non-hydrogen) atoms. The zero-order valence-corrected chi connectivity index (χ0v) is 18.5. The minimum absolute atomic E-state index is 0.0971. The van der Waals surface area contributed by atoms with Gasteiger partial charge in [0.25, 0.3) is 5.91 Å². The van der Waals surface area contributed by atoms with Gasteiger partial charge in [0.2, 0.25) is 5.91 Å². The van der Waals surface area contributed by atoms with Crippen LogP contribution in [0.5, 0.6) is 0 Å². The molecule has 2 rings (SSSR count). The number of benzene rings is 2. The number of primary amides is 1. The smallest absolute Gasteiger partial charge is 0.254 e. The number of amides is 2. The van der Waals surface area contributed by atoms with Gasteiger partial charge in [-0.2, -0.15) is 0 Å². The number of anilines is 1. The minimum Gasteiger partial charge on any atom is -0.399 e. The van der Waals surface area contributed by atoms with Gasteiger partial charge in [-0.25, -0.2) is 4.39 Å². The number of nitrogens with two attached hydrogens (primary N) is 2. The molecule has 0 saturated carbocycles. The first-order valence-corrected chi connectivity index (χ1v) is 10.8. The quantitative estimate of drug-likeness (QED) is 0.357. The van der Waals surface area contributed by atoms with Crippen molar-refractivity contribution in [3.05, 3.63) is 72.1 Å². The number of nitrogen functional groups attached to an aromatic ring is 1. The summed E-state index contributed by atoms with van der Waals surface area (Å²) in [5.41, 5.74) is 11.3. The molecule has 0 saturated heterocycles. The molecule has 2 aromatic rings. The summed E-state index contributed by atoms with van der Waals surface area (Å²) >= 11 is 0. The molecule has 0 heterocycles. The molecule has 1 unspecified atom stereocenters. The van der Waals surface area contributed by atoms with E-state index in [-0.39, 0.29) is 25.2 Å². The van der Waals surface area contributed by atoms with E-state index in [2.05, 4.69) is 5.32 Å². The summed E-state index contributed by atoms with van der Waals surface area (Å²) in [6, 6.07) is 17.0. The van der Waals surface area contributed by atoms with E-state index in [9.17, 15) is 19.1 Å². The Morgan fingerprint density at radius 2 is 1.78 bits per heavy atom. The van der Waals surface area contributed by atoms with E-state index < -0.39 is 23.6 Å². The molecule has 1 radical (unpaired) electrons. The van der Waals surface area contributed by atoms with Gasteiger partial charge in [0, 0.05) is 18.2 Å². The maximum Gasteiger partial charge on any atom is 0.254 e. The molecular weight excluding hydrogens is 409 g/mol. The van der Waals surface area contributed by atoms with Crippen molar-refractivity contribution in [3.8, 4) is 0 Å². The Morgan fingerprint density at radius 1 is 1.12 bits per heavy atom. The number of nitrogens with one attached hydrogen (secondary N) is 1. The lowest BCUT2D eigenvalue weighted by Crippen LogP contribution is -2.39. The standard InChI is InChI=1S/C25H33FN3O3/c1-25(26,24(28)32)15-13-20(17-22(30)12-9-18-5-3-2-4-6-18)23(31)29-16-14-19-7-10-21(27)11-8-19/h2-8,10-12,20,22,30H,9,13-17,27H2,1H3,(H2,28,32)(H,29,31)/t20-,22+,25?/m1/s1. The maximum absolute atomic E-state index is 14.4. The zero-order valence-electron chi connectivity index (χ0n) is 18.5. The van der Waals surface area contributed by atoms with E-state index >= 15 is 0 Å². The molecule has 0 fully saturated rings. The maximum atomic E-state index is 14.4. The fraction of sp³-hybridized carbons (Fsp3) is 0.400. The molecular formula is C25H33FN3O3. The number of hydrogen-bond donors (Lipinski definition) is 4. The van der Waals surface area contributed by atoms with E-state index in [4.69, 9.17) is 11.5 Å². The van der Waals surface area contributed by atoms with Gasteiger partial charge in [-0.15, -0.1) is 0 Å². The summed E-state index contributed by atoms with van der Waals surface area (Å²) in [5.74, 6) is -2.00. The highest BCUT2D eigenvalue weighted by Crippen LogP contribution is 2.24. The zero-order chi connectivity index (χ0) is 23.6. The highest BCUT2D eigenvalue weighted by molar-refractivity contribution is 5.83. The normalized spacial score (nSPS) is 14.8. The number of alkyl halides is 1. The Bertz CT molecular complexity index is 856. The Balaban J connectivity index is 1.92. The van der Waals surface area contributed by atoms with Crippen molar-refractivity contribution in [1.29, 1.82) is 0 Å². The lowest BCUT2D eigenvalue weighted by atomic mass is 9.88. The molecule has 0 aliphatic heterocycles. The second-order valence-electron chi connectivity index (χ2n) is 8.31. The average molecular weight is 443 g/mol. The summed E-state index contributed by atoms with van der Waals surface area (Å²) in [6.07, 6.45) is 2.09. The molecule has 7 heteroatoms. The third kappa shape index (κ3) is 8.67. The largest absolute Gasteiger partial charge is 0.399 e. The van der Waals surface area contributed by atoms with Crippen molar-refractivity contribution >= 4 is 17.5 Å². The van der Waals surface area contributed by atoms with Crippen LogP contribution in [-0.2, 0) is 22.4 Å². The summed E-state index contributed by atoms with van der Waals surface area (Å²) in [7, 11) is 0. The lowest BCUT2D eigenvalue weighted by Gasteiger charge is -2.23. The van der Waals surface area contributed by atoms with Crippen LogP contribution in [0.2, 0.25) is 0 Å². The van der Waals surface area contributed by atoms with Crippen LogP contribution in [0.1, 0.15) is 37.3 Å². The molecule has 0 bridgehead atoms. The first kappa shape index (κ1) is 25.3. The number of carbonyl (C=O) groups is 2. The number of hydrogen-bond acceptors (Lipinski definition) is 4. The van der Waals surface area contributed by atoms with Crippen molar-refractivity contribution in [2.45, 2.75) is 50.8 Å². The van der Waals surface area contributed by atoms with Gasteiger partial charge in [-0.1, -0.05) is 42.5 Å². The molecule has 173 valence electrons. The van der Waals surface area contributed by atoms with Crippen LogP contribution in [-0.4, -0.2) is 35.2 Å². The summed E-state index contributed by atoms with van der Waals surface area (Å²) < 4.78 is 14.4. The van der Waals surface area contributed by atoms with Crippen LogP contribution < -0.4 is 16.8 Å². The van der Waals surface area contributed by atoms with Gasteiger partial charge < -0.3 is 21.9 Å². The second-order valence-corrected chi connectivity index (χ2v) is 8.31. The third-order valence-electron chi connectivity index (χ3n) is 5.53. The van der Waals surface area contributed by atoms with Gasteiger partial charge >= 0.3 is 0 Å². The van der Waals surface area contributed by atoms with Crippen LogP contribution in [0.25, 0.3) is 0 Å². The number of rotatable bonds is 13. The van der Waals surface area contributed by atoms with Crippen molar-refractivity contribution in [2.75, 3.05) is 12.3 Å². The molecule has 6 nitrogen and oxygen atoms in total. The molecule has 0 aliphatic carbocycles. The first-order chi connectivity index (χ1) is 15.2. The van der Waals surface area contributed by atoms with E-state index in [1.54, 1.807) is 18.6 Å². The molecule has 0 aromatic heterocycles. The monoisotopic (exact) mass is 442 g/mol. The molecule has 0 spiro atoms. The third-order valence-corrected chi connectivity index (χ3v) is 5.53. The average Bonchev–Trinajstić information content (AvgIpc) is 2.77. The summed E-state index contributed by atoms with van der Waals surface area (Å²) in [5, 5.41) is 13.3. The predicted molar refractivity (Wildman–Crippen MR) is 124 cm³/mol. The number of aliphatic hydroxyl groups excluding tert-OH is 1. The van der Waals surface area contributed by atoms with Gasteiger partial charge in [0.15, 0.2) is 5.67 Å². The van der Waals surface area contributed by atoms with E-state index in [0.29, 0.717) is 25.1 Å². The minimum atomic E-state index is -2.21. The van der Waals surface area contributed by atoms with E-state index in [0.717, 1.165) is 18.1 Å². The SMILES string of the molecule is CC(F)(CC[C@H](C[C@@H](O)[CH]Cc1ccccc1)C(=O)NCCc1ccc(N)cc1)C(N)=O. The van der Waals surface area contributed by atoms with Crippen molar-refractivity contribution in [2.24, 2.45) is 11.7 Å². The Morgan fingerprint density at radius 3 is 2.41 bits per heavy atom. The van der Waals surface area contributed by atoms with E-state index in [1.165, 1.54) is 0 Å². The lowest BCUT2D eigenvalue weighted by molar-refractivity contribution is -0.131. The Labute approximate surface area is 189 Å². The number of halogens is 1. The fourth-order valence-electron chi connectivity index (χ4n) is 3.36. The van der Waals surface area contributed by atoms with Gasteiger partial charge in [0.1, 0.15) is 0 Å². The highest BCUT2D eigenvalue weighted by atomic mass is 19.1. The highest BCUT2D eigenvalue weighted by Gasteiger charge is 2.33. The predicted octanol–water partition coefficient (Wildman–Crippen LogP) is 2.74. The topological polar surface area (TPSA) is 118 Å². The van der Waals surface area contributed by atoms with Gasteiger partial charge in [0.05, 0.1) is 6.10 Å². The molecule has 2 aromatic carbocycles. The van der Waals surface area contributed by atoms with Crippen LogP contribution in [0.3, 0.4) is 0 Å². The van der Waals surface area contributed by atoms with Crippen molar-refractivity contribution < 1.29 is 19.1 Å². The molecule has 6 N–H and O–H groups in total. The Kier molecular flexibility index (Phi) is 9.65. The fourth-order valence-corrected chi connectivity index (χ4v) is 3.36. The summed E-state index contributed by atoms with van der Waals surface area (Å²) in [4.78, 5) is 24.1. The van der Waals surface area contributed by atoms with Crippen LogP contribution in [0.4, 0.5) is 10.1 Å². The molecule has 0 aliphatic rings. The van der Waals surface area contributed by atoms with Crippen LogP contribution in [0, 0.1) is 12.3 Å². The van der Waals surface area contributed by atoms with Gasteiger partial charge in [-0.3, -0.25) is 9.59 Å². The van der Waals surface area contributed by atoms with Gasteiger partial charge in [-0.05, 0) is 68.7 Å². The number of aliphatic hydroxyl groups is 1. The summed E-state index contributed by atoms with van der Waals surface area (Å²) in [6.45, 7) is 1.51. The molecule has 2 amide bonds.